The van der Waals surface area contributed by atoms with E-state index in [-0.39, 0.29) is 30.3 Å². The van der Waals surface area contributed by atoms with Crippen LogP contribution < -0.4 is 5.32 Å². The van der Waals surface area contributed by atoms with Gasteiger partial charge >= 0.3 is 0 Å². The largest absolute Gasteiger partial charge is 0.370 e. The van der Waals surface area contributed by atoms with Gasteiger partial charge in [-0.1, -0.05) is 13.8 Å². The molecule has 146 valence electrons. The first-order valence-electron chi connectivity index (χ1n) is 9.13. The molecule has 9 heteroatoms. The lowest BCUT2D eigenvalue weighted by Crippen LogP contribution is -2.42. The Labute approximate surface area is 162 Å². The summed E-state index contributed by atoms with van der Waals surface area (Å²) in [5.74, 6) is -0.176. The van der Waals surface area contributed by atoms with Gasteiger partial charge in [0, 0.05) is 36.1 Å². The first-order chi connectivity index (χ1) is 13.0. The summed E-state index contributed by atoms with van der Waals surface area (Å²) in [6, 6.07) is 0. The van der Waals surface area contributed by atoms with Crippen LogP contribution in [0.1, 0.15) is 38.1 Å². The van der Waals surface area contributed by atoms with Gasteiger partial charge in [-0.3, -0.25) is 14.3 Å². The van der Waals surface area contributed by atoms with Gasteiger partial charge in [0.25, 0.3) is 0 Å². The van der Waals surface area contributed by atoms with E-state index in [1.807, 2.05) is 41.9 Å². The topological polar surface area (TPSA) is 89.4 Å². The Morgan fingerprint density at radius 2 is 2.26 bits per heavy atom. The van der Waals surface area contributed by atoms with Gasteiger partial charge in [-0.2, -0.15) is 5.10 Å². The number of nitrogens with one attached hydrogen (secondary N) is 1. The summed E-state index contributed by atoms with van der Waals surface area (Å²) >= 11 is 1.34. The van der Waals surface area contributed by atoms with Crippen LogP contribution in [0.4, 0.5) is 5.13 Å². The summed E-state index contributed by atoms with van der Waals surface area (Å²) in [4.78, 5) is 30.6. The molecule has 0 bridgehead atoms. The second-order valence-electron chi connectivity index (χ2n) is 6.79. The van der Waals surface area contributed by atoms with E-state index in [4.69, 9.17) is 4.74 Å². The van der Waals surface area contributed by atoms with E-state index in [1.165, 1.54) is 11.3 Å². The maximum atomic E-state index is 12.7. The number of carbonyl (C=O) groups is 2. The van der Waals surface area contributed by atoms with E-state index in [0.717, 1.165) is 12.1 Å². The molecule has 1 atom stereocenters. The Morgan fingerprint density at radius 1 is 1.44 bits per heavy atom. The third kappa shape index (κ3) is 4.92. The molecule has 2 aromatic rings. The fourth-order valence-corrected chi connectivity index (χ4v) is 3.47. The molecule has 27 heavy (non-hydrogen) atoms. The van der Waals surface area contributed by atoms with Crippen LogP contribution in [-0.2, 0) is 27.3 Å². The molecule has 8 nitrogen and oxygen atoms in total. The molecule has 0 spiro atoms. The van der Waals surface area contributed by atoms with E-state index in [2.05, 4.69) is 15.4 Å². The van der Waals surface area contributed by atoms with Crippen molar-refractivity contribution >= 4 is 28.3 Å². The van der Waals surface area contributed by atoms with Crippen LogP contribution in [0.3, 0.4) is 0 Å². The minimum absolute atomic E-state index is 0.0122. The van der Waals surface area contributed by atoms with E-state index >= 15 is 0 Å². The predicted octanol–water partition coefficient (Wildman–Crippen LogP) is 2.10. The SMILES string of the molecule is CCn1cc(C2CN(C(=O)Cc3csc(NC(=O)C(C)C)n3)CCO2)cn1. The van der Waals surface area contributed by atoms with Gasteiger partial charge in [0.1, 0.15) is 6.10 Å². The molecule has 1 aliphatic heterocycles. The van der Waals surface area contributed by atoms with Crippen molar-refractivity contribution in [3.8, 4) is 0 Å². The quantitative estimate of drug-likeness (QED) is 0.814. The summed E-state index contributed by atoms with van der Waals surface area (Å²) in [5, 5.41) is 9.39. The van der Waals surface area contributed by atoms with Crippen LogP contribution >= 0.6 is 11.3 Å². The molecule has 2 aromatic heterocycles. The lowest BCUT2D eigenvalue weighted by molar-refractivity contribution is -0.138. The zero-order chi connectivity index (χ0) is 19.4. The van der Waals surface area contributed by atoms with Crippen molar-refractivity contribution in [1.29, 1.82) is 0 Å². The van der Waals surface area contributed by atoms with Gasteiger partial charge in [0.05, 0.1) is 31.5 Å². The molecule has 1 saturated heterocycles. The third-order valence-electron chi connectivity index (χ3n) is 4.41. The smallest absolute Gasteiger partial charge is 0.228 e. The standard InChI is InChI=1S/C18H25N5O3S/c1-4-23-9-13(8-19-23)15-10-22(5-6-26-15)16(24)7-14-11-27-18(20-14)21-17(25)12(2)3/h8-9,11-12,15H,4-7,10H2,1-3H3,(H,20,21,25). The lowest BCUT2D eigenvalue weighted by Gasteiger charge is -2.32. The Kier molecular flexibility index (Phi) is 6.22. The molecule has 1 aliphatic rings. The van der Waals surface area contributed by atoms with Crippen molar-refractivity contribution in [3.63, 3.8) is 0 Å². The monoisotopic (exact) mass is 391 g/mol. The zero-order valence-electron chi connectivity index (χ0n) is 15.8. The van der Waals surface area contributed by atoms with Crippen molar-refractivity contribution < 1.29 is 14.3 Å². The molecule has 0 aliphatic carbocycles. The number of ether oxygens (including phenoxy) is 1. The number of aryl methyl sites for hydroxylation is 1. The van der Waals surface area contributed by atoms with E-state index in [1.54, 1.807) is 6.20 Å². The molecule has 0 radical (unpaired) electrons. The molecule has 1 unspecified atom stereocenters. The predicted molar refractivity (Wildman–Crippen MR) is 102 cm³/mol. The molecule has 3 heterocycles. The van der Waals surface area contributed by atoms with E-state index in [9.17, 15) is 9.59 Å². The summed E-state index contributed by atoms with van der Waals surface area (Å²) in [5.41, 5.74) is 1.66. The number of amides is 2. The van der Waals surface area contributed by atoms with Crippen molar-refractivity contribution in [3.05, 3.63) is 29.0 Å². The first-order valence-corrected chi connectivity index (χ1v) is 10.0. The van der Waals surface area contributed by atoms with Crippen LogP contribution in [0, 0.1) is 5.92 Å². The normalized spacial score (nSPS) is 17.3. The van der Waals surface area contributed by atoms with Gasteiger partial charge in [-0.15, -0.1) is 11.3 Å². The van der Waals surface area contributed by atoms with Gasteiger partial charge in [-0.25, -0.2) is 4.98 Å². The number of aromatic nitrogens is 3. The average Bonchev–Trinajstić information content (AvgIpc) is 3.31. The van der Waals surface area contributed by atoms with Crippen LogP contribution in [0.5, 0.6) is 0 Å². The molecule has 1 N–H and O–H groups in total. The Balaban J connectivity index is 1.57. The Hall–Kier alpha value is -2.26. The van der Waals surface area contributed by atoms with Crippen LogP contribution in [0.15, 0.2) is 17.8 Å². The minimum atomic E-state index is -0.153. The van der Waals surface area contributed by atoms with Gasteiger partial charge in [0.15, 0.2) is 5.13 Å². The highest BCUT2D eigenvalue weighted by Gasteiger charge is 2.26. The zero-order valence-corrected chi connectivity index (χ0v) is 16.7. The van der Waals surface area contributed by atoms with Crippen molar-refractivity contribution in [2.75, 3.05) is 25.0 Å². The number of thiazole rings is 1. The number of hydrogen-bond acceptors (Lipinski definition) is 6. The van der Waals surface area contributed by atoms with Crippen molar-refractivity contribution in [2.24, 2.45) is 5.92 Å². The Morgan fingerprint density at radius 3 is 2.96 bits per heavy atom. The van der Waals surface area contributed by atoms with E-state index < -0.39 is 0 Å². The molecule has 1 fully saturated rings. The first kappa shape index (κ1) is 19.5. The fourth-order valence-electron chi connectivity index (χ4n) is 2.76. The lowest BCUT2D eigenvalue weighted by atomic mass is 10.1. The number of nitrogens with zero attached hydrogens (tertiary/aromatic N) is 4. The number of rotatable bonds is 6. The minimum Gasteiger partial charge on any atom is -0.370 e. The molecule has 2 amide bonds. The van der Waals surface area contributed by atoms with E-state index in [0.29, 0.717) is 30.5 Å². The maximum Gasteiger partial charge on any atom is 0.228 e. The highest BCUT2D eigenvalue weighted by molar-refractivity contribution is 7.13. The van der Waals surface area contributed by atoms with Gasteiger partial charge in [-0.05, 0) is 6.92 Å². The summed E-state index contributed by atoms with van der Waals surface area (Å²) < 4.78 is 7.66. The van der Waals surface area contributed by atoms with Gasteiger partial charge < -0.3 is 15.0 Å². The average molecular weight is 391 g/mol. The maximum absolute atomic E-state index is 12.7. The molecular formula is C18H25N5O3S. The fraction of sp³-hybridized carbons (Fsp3) is 0.556. The van der Waals surface area contributed by atoms with Gasteiger partial charge in [0.2, 0.25) is 11.8 Å². The molecular weight excluding hydrogens is 366 g/mol. The molecule has 0 saturated carbocycles. The number of anilines is 1. The van der Waals surface area contributed by atoms with Crippen LogP contribution in [0.2, 0.25) is 0 Å². The number of morpholine rings is 1. The summed E-state index contributed by atoms with van der Waals surface area (Å²) in [6.07, 6.45) is 3.82. The number of hydrogen-bond donors (Lipinski definition) is 1. The third-order valence-corrected chi connectivity index (χ3v) is 5.21. The van der Waals surface area contributed by atoms with Crippen LogP contribution in [-0.4, -0.2) is 51.2 Å². The molecule has 0 aromatic carbocycles. The van der Waals surface area contributed by atoms with Crippen LogP contribution in [0.25, 0.3) is 0 Å². The second-order valence-corrected chi connectivity index (χ2v) is 7.65. The van der Waals surface area contributed by atoms with Crippen molar-refractivity contribution in [1.82, 2.24) is 19.7 Å². The highest BCUT2D eigenvalue weighted by Crippen LogP contribution is 2.23. The summed E-state index contributed by atoms with van der Waals surface area (Å²) in [7, 11) is 0. The second kappa shape index (κ2) is 8.62. The highest BCUT2D eigenvalue weighted by atomic mass is 32.1. The number of carbonyl (C=O) groups excluding carboxylic acids is 2. The van der Waals surface area contributed by atoms with Crippen molar-refractivity contribution in [2.45, 2.75) is 39.8 Å². The summed E-state index contributed by atoms with van der Waals surface area (Å²) in [6.45, 7) is 8.06. The Bertz CT molecular complexity index is 801. The molecule has 3 rings (SSSR count).